The van der Waals surface area contributed by atoms with Gasteiger partial charge in [-0.1, -0.05) is 38.5 Å². The van der Waals surface area contributed by atoms with E-state index in [9.17, 15) is 24.9 Å². The van der Waals surface area contributed by atoms with Crippen LogP contribution in [0.2, 0.25) is 0 Å². The van der Waals surface area contributed by atoms with E-state index < -0.39 is 28.5 Å². The first kappa shape index (κ1) is 21.8. The Morgan fingerprint density at radius 1 is 1.23 bits per heavy atom. The summed E-state index contributed by atoms with van der Waals surface area (Å²) in [6, 6.07) is 5.18. The van der Waals surface area contributed by atoms with Gasteiger partial charge in [0.2, 0.25) is 0 Å². The fourth-order valence-electron chi connectivity index (χ4n) is 6.05. The third-order valence-electron chi connectivity index (χ3n) is 7.75. The third kappa shape index (κ3) is 2.64. The maximum Gasteiger partial charge on any atom is 0.343 e. The minimum atomic E-state index is -2.07. The van der Waals surface area contributed by atoms with Crippen molar-refractivity contribution in [2.24, 2.45) is 17.3 Å². The van der Waals surface area contributed by atoms with E-state index in [-0.39, 0.29) is 35.2 Å². The average molecular weight is 427 g/mol. The normalized spacial score (nSPS) is 29.3. The predicted molar refractivity (Wildman–Crippen MR) is 117 cm³/mol. The Labute approximate surface area is 181 Å². The van der Waals surface area contributed by atoms with Gasteiger partial charge >= 0.3 is 5.63 Å². The minimum Gasteiger partial charge on any atom is -0.507 e. The number of aromatic hydroxyl groups is 1. The van der Waals surface area contributed by atoms with Crippen LogP contribution in [0.25, 0.3) is 11.0 Å². The summed E-state index contributed by atoms with van der Waals surface area (Å²) in [5.74, 6) is -1.24. The highest BCUT2D eigenvalue weighted by atomic mass is 16.4. The van der Waals surface area contributed by atoms with Gasteiger partial charge in [-0.2, -0.15) is 0 Å². The zero-order valence-corrected chi connectivity index (χ0v) is 18.7. The van der Waals surface area contributed by atoms with Gasteiger partial charge in [0.25, 0.3) is 0 Å². The SMILES string of the molecule is CC1=C2CC[C@H](C)[C@]2(Cc2c(O)c3c(C)cccc3oc2=O)[C@@](O)([C@@H](O)C(C)C)C1=O. The molecule has 1 saturated carbocycles. The van der Waals surface area contributed by atoms with Crippen molar-refractivity contribution in [3.63, 3.8) is 0 Å². The number of hydrogen-bond acceptors (Lipinski definition) is 6. The van der Waals surface area contributed by atoms with Crippen LogP contribution in [-0.2, 0) is 11.2 Å². The molecule has 1 heterocycles. The molecule has 31 heavy (non-hydrogen) atoms. The van der Waals surface area contributed by atoms with Gasteiger partial charge in [-0.25, -0.2) is 4.79 Å². The first-order valence-corrected chi connectivity index (χ1v) is 10.9. The van der Waals surface area contributed by atoms with Gasteiger partial charge in [-0.05, 0) is 62.1 Å². The van der Waals surface area contributed by atoms with Gasteiger partial charge in [-0.3, -0.25) is 4.79 Å². The van der Waals surface area contributed by atoms with Crippen LogP contribution in [0.1, 0.15) is 51.7 Å². The van der Waals surface area contributed by atoms with Gasteiger partial charge in [0, 0.05) is 5.41 Å². The molecule has 1 aromatic heterocycles. The standard InChI is InChI=1S/C25H30O6/c1-12(2)21(27)25(30)22(28)15(5)17-10-9-14(4)24(17,25)11-16-20(26)19-13(3)7-6-8-18(19)31-23(16)29/h6-8,12,14,21,26-27,30H,9-11H2,1-5H3/t14-,21-,24-,25+/m0/s1. The molecule has 0 spiro atoms. The Morgan fingerprint density at radius 3 is 2.55 bits per heavy atom. The van der Waals surface area contributed by atoms with E-state index in [0.29, 0.717) is 23.8 Å². The van der Waals surface area contributed by atoms with Crippen LogP contribution in [0.3, 0.4) is 0 Å². The van der Waals surface area contributed by atoms with Crippen molar-refractivity contribution in [3.8, 4) is 5.75 Å². The average Bonchev–Trinajstić information content (AvgIpc) is 3.12. The molecular weight excluding hydrogens is 396 g/mol. The molecule has 3 N–H and O–H groups in total. The van der Waals surface area contributed by atoms with E-state index in [1.54, 1.807) is 32.9 Å². The second kappa shape index (κ2) is 7.04. The number of carbonyl (C=O) groups excluding carboxylic acids is 1. The molecule has 6 nitrogen and oxygen atoms in total. The Morgan fingerprint density at radius 2 is 1.90 bits per heavy atom. The van der Waals surface area contributed by atoms with Gasteiger partial charge in [0.1, 0.15) is 11.3 Å². The van der Waals surface area contributed by atoms with Crippen LogP contribution in [0.5, 0.6) is 5.75 Å². The lowest BCUT2D eigenvalue weighted by Gasteiger charge is -2.47. The number of ketones is 1. The molecule has 0 unspecified atom stereocenters. The molecule has 0 saturated heterocycles. The first-order chi connectivity index (χ1) is 14.5. The first-order valence-electron chi connectivity index (χ1n) is 10.9. The summed E-state index contributed by atoms with van der Waals surface area (Å²) < 4.78 is 5.51. The van der Waals surface area contributed by atoms with Crippen LogP contribution in [0, 0.1) is 24.2 Å². The maximum atomic E-state index is 13.3. The minimum absolute atomic E-state index is 0.0323. The van der Waals surface area contributed by atoms with Crippen molar-refractivity contribution in [1.29, 1.82) is 0 Å². The second-order valence-corrected chi connectivity index (χ2v) is 9.64. The van der Waals surface area contributed by atoms with E-state index in [1.165, 1.54) is 0 Å². The number of hydrogen-bond donors (Lipinski definition) is 3. The molecule has 0 amide bonds. The summed E-state index contributed by atoms with van der Waals surface area (Å²) in [7, 11) is 0. The lowest BCUT2D eigenvalue weighted by Crippen LogP contribution is -2.62. The van der Waals surface area contributed by atoms with Gasteiger partial charge in [0.05, 0.1) is 17.1 Å². The molecule has 166 valence electrons. The van der Waals surface area contributed by atoms with Crippen LogP contribution < -0.4 is 5.63 Å². The molecule has 0 aliphatic heterocycles. The summed E-state index contributed by atoms with van der Waals surface area (Å²) in [4.78, 5) is 26.3. The number of rotatable bonds is 4. The molecule has 1 fully saturated rings. The molecule has 2 aromatic rings. The highest BCUT2D eigenvalue weighted by Crippen LogP contribution is 2.63. The lowest BCUT2D eigenvalue weighted by molar-refractivity contribution is -0.176. The van der Waals surface area contributed by atoms with Crippen molar-refractivity contribution >= 4 is 16.8 Å². The number of aryl methyl sites for hydroxylation is 1. The Kier molecular flexibility index (Phi) is 4.94. The van der Waals surface area contributed by atoms with Crippen LogP contribution in [0.15, 0.2) is 38.6 Å². The molecular formula is C25H30O6. The molecule has 2 aliphatic carbocycles. The summed E-state index contributed by atoms with van der Waals surface area (Å²) in [5.41, 5.74) is -1.65. The zero-order valence-electron chi connectivity index (χ0n) is 18.7. The molecule has 4 rings (SSSR count). The number of aliphatic hydroxyl groups is 2. The lowest BCUT2D eigenvalue weighted by atomic mass is 9.59. The fourth-order valence-corrected chi connectivity index (χ4v) is 6.05. The molecule has 6 heteroatoms. The van der Waals surface area contributed by atoms with Crippen molar-refractivity contribution in [1.82, 2.24) is 0 Å². The van der Waals surface area contributed by atoms with E-state index >= 15 is 0 Å². The number of Topliss-reactive ketones (excluding diaryl/α,β-unsaturated/α-hetero) is 1. The van der Waals surface area contributed by atoms with Gasteiger partial charge in [-0.15, -0.1) is 0 Å². The molecule has 4 atom stereocenters. The summed E-state index contributed by atoms with van der Waals surface area (Å²) in [5, 5.41) is 34.6. The highest BCUT2D eigenvalue weighted by Gasteiger charge is 2.69. The van der Waals surface area contributed by atoms with Gasteiger partial charge < -0.3 is 19.7 Å². The predicted octanol–water partition coefficient (Wildman–Crippen LogP) is 3.41. The Balaban J connectivity index is 2.00. The van der Waals surface area contributed by atoms with Crippen molar-refractivity contribution in [3.05, 3.63) is 50.9 Å². The molecule has 1 aromatic carbocycles. The van der Waals surface area contributed by atoms with E-state index in [4.69, 9.17) is 4.42 Å². The summed E-state index contributed by atoms with van der Waals surface area (Å²) in [6.07, 6.45) is -0.0776. The second-order valence-electron chi connectivity index (χ2n) is 9.64. The van der Waals surface area contributed by atoms with Gasteiger partial charge in [0.15, 0.2) is 11.4 Å². The Bertz CT molecular complexity index is 1170. The molecule has 0 radical (unpaired) electrons. The number of aliphatic hydroxyl groups excluding tert-OH is 1. The molecule has 0 bridgehead atoms. The third-order valence-corrected chi connectivity index (χ3v) is 7.75. The van der Waals surface area contributed by atoms with E-state index in [2.05, 4.69) is 0 Å². The van der Waals surface area contributed by atoms with E-state index in [0.717, 1.165) is 11.1 Å². The van der Waals surface area contributed by atoms with Crippen molar-refractivity contribution < 1.29 is 24.5 Å². The zero-order chi connectivity index (χ0) is 22.9. The summed E-state index contributed by atoms with van der Waals surface area (Å²) >= 11 is 0. The number of fused-ring (bicyclic) bond motifs is 2. The largest absolute Gasteiger partial charge is 0.507 e. The highest BCUT2D eigenvalue weighted by molar-refractivity contribution is 6.07. The monoisotopic (exact) mass is 426 g/mol. The van der Waals surface area contributed by atoms with Crippen LogP contribution >= 0.6 is 0 Å². The Hall–Kier alpha value is -2.44. The number of benzene rings is 1. The van der Waals surface area contributed by atoms with Crippen molar-refractivity contribution in [2.45, 2.75) is 65.6 Å². The maximum absolute atomic E-state index is 13.3. The quantitative estimate of drug-likeness (QED) is 0.647. The van der Waals surface area contributed by atoms with Crippen LogP contribution in [0.4, 0.5) is 0 Å². The number of carbonyl (C=O) groups is 1. The molecule has 2 aliphatic rings. The smallest absolute Gasteiger partial charge is 0.343 e. The topological polar surface area (TPSA) is 108 Å². The van der Waals surface area contributed by atoms with E-state index in [1.807, 2.05) is 19.9 Å². The fraction of sp³-hybridized carbons (Fsp3) is 0.520. The summed E-state index contributed by atoms with van der Waals surface area (Å²) in [6.45, 7) is 8.93. The van der Waals surface area contributed by atoms with Crippen LogP contribution in [-0.4, -0.2) is 32.8 Å². The van der Waals surface area contributed by atoms with Crippen molar-refractivity contribution in [2.75, 3.05) is 0 Å².